The van der Waals surface area contributed by atoms with E-state index in [1.807, 2.05) is 37.3 Å². The third kappa shape index (κ3) is 4.53. The minimum atomic E-state index is -0.569. The fourth-order valence-electron chi connectivity index (χ4n) is 3.55. The molecule has 0 aliphatic heterocycles. The average molecular weight is 359 g/mol. The second kappa shape index (κ2) is 8.68. The third-order valence-corrected chi connectivity index (χ3v) is 5.88. The molecule has 0 amide bonds. The molecular formula is C20H26N2O2S. The highest BCUT2D eigenvalue weighted by molar-refractivity contribution is 7.99. The van der Waals surface area contributed by atoms with E-state index in [1.165, 1.54) is 31.0 Å². The van der Waals surface area contributed by atoms with Crippen LogP contribution in [0.1, 0.15) is 67.9 Å². The average Bonchev–Trinajstić information content (AvgIpc) is 2.67. The highest BCUT2D eigenvalue weighted by Crippen LogP contribution is 2.33. The van der Waals surface area contributed by atoms with Gasteiger partial charge in [-0.3, -0.25) is 4.79 Å². The number of rotatable bonds is 6. The summed E-state index contributed by atoms with van der Waals surface area (Å²) in [5.41, 5.74) is 2.69. The van der Waals surface area contributed by atoms with Gasteiger partial charge in [0.15, 0.2) is 5.16 Å². The van der Waals surface area contributed by atoms with Crippen molar-refractivity contribution in [3.63, 3.8) is 0 Å². The van der Waals surface area contributed by atoms with Crippen molar-refractivity contribution in [2.45, 2.75) is 62.6 Å². The third-order valence-electron chi connectivity index (χ3n) is 4.93. The van der Waals surface area contributed by atoms with Gasteiger partial charge in [0.2, 0.25) is 0 Å². The van der Waals surface area contributed by atoms with Gasteiger partial charge in [0.1, 0.15) is 0 Å². The smallest absolute Gasteiger partial charge is 0.254 e. The summed E-state index contributed by atoms with van der Waals surface area (Å²) in [6.45, 7) is 2.02. The molecule has 1 unspecified atom stereocenters. The van der Waals surface area contributed by atoms with Gasteiger partial charge in [-0.05, 0) is 24.8 Å². The molecule has 1 aromatic heterocycles. The molecule has 1 aliphatic rings. The molecule has 1 heterocycles. The lowest BCUT2D eigenvalue weighted by molar-refractivity contribution is 0.204. The maximum absolute atomic E-state index is 12.5. The van der Waals surface area contributed by atoms with Crippen molar-refractivity contribution in [2.75, 3.05) is 5.75 Å². The molecule has 1 aromatic carbocycles. The number of benzene rings is 1. The highest BCUT2D eigenvalue weighted by atomic mass is 32.2. The van der Waals surface area contributed by atoms with Crippen LogP contribution in [0.25, 0.3) is 0 Å². The summed E-state index contributed by atoms with van der Waals surface area (Å²) in [5.74, 6) is 0.882. The number of aliphatic hydroxyl groups excluding tert-OH is 1. The van der Waals surface area contributed by atoms with Crippen LogP contribution in [-0.2, 0) is 6.42 Å². The van der Waals surface area contributed by atoms with Crippen LogP contribution in [0.5, 0.6) is 0 Å². The zero-order valence-electron chi connectivity index (χ0n) is 14.7. The number of hydrogen-bond acceptors (Lipinski definition) is 4. The normalized spacial score (nSPS) is 16.7. The van der Waals surface area contributed by atoms with Gasteiger partial charge < -0.3 is 10.1 Å². The second-order valence-electron chi connectivity index (χ2n) is 6.66. The molecule has 5 heteroatoms. The highest BCUT2D eigenvalue weighted by Gasteiger charge is 2.22. The van der Waals surface area contributed by atoms with Gasteiger partial charge >= 0.3 is 0 Å². The molecule has 1 atom stereocenters. The quantitative estimate of drug-likeness (QED) is 0.600. The van der Waals surface area contributed by atoms with E-state index >= 15 is 0 Å². The van der Waals surface area contributed by atoms with Crippen molar-refractivity contribution in [2.24, 2.45) is 0 Å². The van der Waals surface area contributed by atoms with Crippen LogP contribution in [0.15, 0.2) is 40.3 Å². The number of aromatic amines is 1. The standard InChI is InChI=1S/C20H26N2O2S/c1-2-16-18(15-11-7-4-8-12-15)21-20(22-19(16)24)25-13-17(23)14-9-5-3-6-10-14/h3,5-6,9-10,15,17,23H,2,4,7-8,11-13H2,1H3,(H,21,22,24). The number of H-pyrrole nitrogens is 1. The maximum atomic E-state index is 12.5. The summed E-state index contributed by atoms with van der Waals surface area (Å²) >= 11 is 1.42. The zero-order chi connectivity index (χ0) is 17.6. The van der Waals surface area contributed by atoms with E-state index in [1.54, 1.807) is 0 Å². The van der Waals surface area contributed by atoms with E-state index in [2.05, 4.69) is 4.98 Å². The van der Waals surface area contributed by atoms with Gasteiger partial charge in [-0.25, -0.2) is 4.98 Å². The Labute approximate surface area is 153 Å². The van der Waals surface area contributed by atoms with Gasteiger partial charge in [0, 0.05) is 17.2 Å². The van der Waals surface area contributed by atoms with Crippen molar-refractivity contribution in [3.8, 4) is 0 Å². The Bertz CT molecular complexity index is 739. The lowest BCUT2D eigenvalue weighted by Crippen LogP contribution is -2.21. The molecule has 0 saturated heterocycles. The topological polar surface area (TPSA) is 66.0 Å². The summed E-state index contributed by atoms with van der Waals surface area (Å²) in [7, 11) is 0. The molecule has 2 aromatic rings. The van der Waals surface area contributed by atoms with Crippen molar-refractivity contribution in [3.05, 3.63) is 57.5 Å². The molecule has 1 fully saturated rings. The first-order chi connectivity index (χ1) is 12.2. The first-order valence-electron chi connectivity index (χ1n) is 9.18. The molecule has 3 rings (SSSR count). The number of aromatic nitrogens is 2. The summed E-state index contributed by atoms with van der Waals surface area (Å²) in [4.78, 5) is 20.2. The maximum Gasteiger partial charge on any atom is 0.254 e. The Hall–Kier alpha value is -1.59. The summed E-state index contributed by atoms with van der Waals surface area (Å²) in [6, 6.07) is 9.59. The molecule has 0 radical (unpaired) electrons. The predicted octanol–water partition coefficient (Wildman–Crippen LogP) is 4.21. The first kappa shape index (κ1) is 18.2. The molecule has 4 nitrogen and oxygen atoms in total. The van der Waals surface area contributed by atoms with Gasteiger partial charge in [0.05, 0.1) is 11.8 Å². The first-order valence-corrected chi connectivity index (χ1v) is 10.2. The zero-order valence-corrected chi connectivity index (χ0v) is 15.5. The van der Waals surface area contributed by atoms with Crippen LogP contribution in [0.4, 0.5) is 0 Å². The number of nitrogens with zero attached hydrogens (tertiary/aromatic N) is 1. The Morgan fingerprint density at radius 1 is 1.24 bits per heavy atom. The van der Waals surface area contributed by atoms with Crippen LogP contribution in [0.3, 0.4) is 0 Å². The van der Waals surface area contributed by atoms with Crippen molar-refractivity contribution >= 4 is 11.8 Å². The summed E-state index contributed by atoms with van der Waals surface area (Å²) in [5, 5.41) is 11.0. The molecule has 2 N–H and O–H groups in total. The van der Waals surface area contributed by atoms with E-state index in [4.69, 9.17) is 4.98 Å². The minimum absolute atomic E-state index is 0.0187. The van der Waals surface area contributed by atoms with E-state index in [0.29, 0.717) is 23.2 Å². The fourth-order valence-corrected chi connectivity index (χ4v) is 4.38. The van der Waals surface area contributed by atoms with Gasteiger partial charge in [-0.1, -0.05) is 68.3 Å². The van der Waals surface area contributed by atoms with E-state index < -0.39 is 6.10 Å². The lowest BCUT2D eigenvalue weighted by Gasteiger charge is -2.23. The number of nitrogens with one attached hydrogen (secondary N) is 1. The number of hydrogen-bond donors (Lipinski definition) is 2. The lowest BCUT2D eigenvalue weighted by atomic mass is 9.85. The van der Waals surface area contributed by atoms with Crippen molar-refractivity contribution < 1.29 is 5.11 Å². The van der Waals surface area contributed by atoms with Crippen LogP contribution in [-0.4, -0.2) is 20.8 Å². The van der Waals surface area contributed by atoms with E-state index in [9.17, 15) is 9.90 Å². The largest absolute Gasteiger partial charge is 0.388 e. The summed E-state index contributed by atoms with van der Waals surface area (Å²) in [6.07, 6.45) is 6.12. The predicted molar refractivity (Wildman–Crippen MR) is 102 cm³/mol. The molecule has 0 bridgehead atoms. The Balaban J connectivity index is 1.77. The minimum Gasteiger partial charge on any atom is -0.388 e. The Kier molecular flexibility index (Phi) is 6.32. The van der Waals surface area contributed by atoms with Crippen molar-refractivity contribution in [1.29, 1.82) is 0 Å². The molecule has 134 valence electrons. The van der Waals surface area contributed by atoms with Gasteiger partial charge in [-0.2, -0.15) is 0 Å². The molecule has 25 heavy (non-hydrogen) atoms. The number of thioether (sulfide) groups is 1. The van der Waals surface area contributed by atoms with Crippen molar-refractivity contribution in [1.82, 2.24) is 9.97 Å². The molecule has 0 spiro atoms. The summed E-state index contributed by atoms with van der Waals surface area (Å²) < 4.78 is 0. The van der Waals surface area contributed by atoms with Crippen LogP contribution in [0.2, 0.25) is 0 Å². The Morgan fingerprint density at radius 3 is 2.64 bits per heavy atom. The van der Waals surface area contributed by atoms with Crippen LogP contribution in [0, 0.1) is 0 Å². The Morgan fingerprint density at radius 2 is 1.96 bits per heavy atom. The van der Waals surface area contributed by atoms with E-state index in [0.717, 1.165) is 29.7 Å². The van der Waals surface area contributed by atoms with Crippen LogP contribution >= 0.6 is 11.8 Å². The van der Waals surface area contributed by atoms with E-state index in [-0.39, 0.29) is 5.56 Å². The second-order valence-corrected chi connectivity index (χ2v) is 7.67. The van der Waals surface area contributed by atoms with Gasteiger partial charge in [-0.15, -0.1) is 0 Å². The van der Waals surface area contributed by atoms with Crippen LogP contribution < -0.4 is 5.56 Å². The molecular weight excluding hydrogens is 332 g/mol. The van der Waals surface area contributed by atoms with Gasteiger partial charge in [0.25, 0.3) is 5.56 Å². The monoisotopic (exact) mass is 358 g/mol. The number of aliphatic hydroxyl groups is 1. The molecule has 1 saturated carbocycles. The SMILES string of the molecule is CCc1c(C2CCCCC2)nc(SCC(O)c2ccccc2)[nH]c1=O. The fraction of sp³-hybridized carbons (Fsp3) is 0.500. The molecule has 1 aliphatic carbocycles.